The third-order valence-electron chi connectivity index (χ3n) is 2.49. The van der Waals surface area contributed by atoms with E-state index in [1.54, 1.807) is 24.3 Å². The number of carboxylic acid groups (broad SMARTS) is 1. The zero-order valence-electron chi connectivity index (χ0n) is 11.5. The largest absolute Gasteiger partial charge is 0.491 e. The molecule has 1 aromatic rings. The maximum Gasteiger partial charge on any atom is 0.326 e. The van der Waals surface area contributed by atoms with Gasteiger partial charge < -0.3 is 20.3 Å². The van der Waals surface area contributed by atoms with Crippen molar-refractivity contribution < 1.29 is 24.5 Å². The molecule has 0 aliphatic heterocycles. The zero-order chi connectivity index (χ0) is 15.1. The summed E-state index contributed by atoms with van der Waals surface area (Å²) in [5.74, 6) is -1.15. The maximum atomic E-state index is 12.0. The lowest BCUT2D eigenvalue weighted by atomic mass is 10.1. The SMILES string of the molecule is CC(C)Oc1cccc(C(=O)N[C@H](CCO)C(=O)O)c1. The van der Waals surface area contributed by atoms with E-state index >= 15 is 0 Å². The number of carboxylic acids is 1. The first kappa shape index (κ1) is 16.0. The molecule has 0 aliphatic rings. The van der Waals surface area contributed by atoms with Crippen LogP contribution in [0.15, 0.2) is 24.3 Å². The minimum Gasteiger partial charge on any atom is -0.491 e. The standard InChI is InChI=1S/C14H19NO5/c1-9(2)20-11-5-3-4-10(8-11)13(17)15-12(6-7-16)14(18)19/h3-5,8-9,12,16H,6-7H2,1-2H3,(H,15,17)(H,18,19)/t12-/m1/s1. The van der Waals surface area contributed by atoms with E-state index in [4.69, 9.17) is 14.9 Å². The van der Waals surface area contributed by atoms with Gasteiger partial charge in [-0.2, -0.15) is 0 Å². The number of ether oxygens (including phenoxy) is 1. The molecule has 0 spiro atoms. The number of carbonyl (C=O) groups is 2. The van der Waals surface area contributed by atoms with Crippen LogP contribution in [-0.4, -0.2) is 40.8 Å². The van der Waals surface area contributed by atoms with E-state index in [1.807, 2.05) is 13.8 Å². The van der Waals surface area contributed by atoms with Crippen molar-refractivity contribution in [2.75, 3.05) is 6.61 Å². The molecule has 0 heterocycles. The minimum absolute atomic E-state index is 0.0190. The molecule has 0 unspecified atom stereocenters. The summed E-state index contributed by atoms with van der Waals surface area (Å²) in [4.78, 5) is 22.9. The number of benzene rings is 1. The zero-order valence-corrected chi connectivity index (χ0v) is 11.5. The Labute approximate surface area is 117 Å². The molecule has 1 aromatic carbocycles. The van der Waals surface area contributed by atoms with E-state index < -0.39 is 17.9 Å². The fraction of sp³-hybridized carbons (Fsp3) is 0.429. The lowest BCUT2D eigenvalue weighted by molar-refractivity contribution is -0.139. The third kappa shape index (κ3) is 4.89. The van der Waals surface area contributed by atoms with E-state index in [0.29, 0.717) is 11.3 Å². The molecule has 0 saturated carbocycles. The second-order valence-corrected chi connectivity index (χ2v) is 4.57. The van der Waals surface area contributed by atoms with Crippen molar-refractivity contribution in [2.24, 2.45) is 0 Å². The number of nitrogens with one attached hydrogen (secondary N) is 1. The summed E-state index contributed by atoms with van der Waals surface area (Å²) in [6.07, 6.45) is -0.0574. The highest BCUT2D eigenvalue weighted by molar-refractivity contribution is 5.96. The Morgan fingerprint density at radius 1 is 1.35 bits per heavy atom. The molecule has 1 atom stereocenters. The van der Waals surface area contributed by atoms with Crippen LogP contribution in [0.2, 0.25) is 0 Å². The first-order valence-electron chi connectivity index (χ1n) is 6.35. The highest BCUT2D eigenvalue weighted by Crippen LogP contribution is 2.15. The van der Waals surface area contributed by atoms with E-state index in [0.717, 1.165) is 0 Å². The topological polar surface area (TPSA) is 95.9 Å². The van der Waals surface area contributed by atoms with Crippen LogP contribution in [0, 0.1) is 0 Å². The Kier molecular flexibility index (Phi) is 5.99. The van der Waals surface area contributed by atoms with Gasteiger partial charge in [0.25, 0.3) is 5.91 Å². The fourth-order valence-electron chi connectivity index (χ4n) is 1.61. The number of aliphatic hydroxyl groups is 1. The van der Waals surface area contributed by atoms with Crippen LogP contribution in [0.4, 0.5) is 0 Å². The average molecular weight is 281 g/mol. The van der Waals surface area contributed by atoms with Gasteiger partial charge in [-0.3, -0.25) is 4.79 Å². The van der Waals surface area contributed by atoms with Crippen molar-refractivity contribution >= 4 is 11.9 Å². The van der Waals surface area contributed by atoms with Gasteiger partial charge in [-0.05, 0) is 32.0 Å². The molecule has 6 heteroatoms. The first-order valence-corrected chi connectivity index (χ1v) is 6.35. The van der Waals surface area contributed by atoms with Crippen molar-refractivity contribution in [1.82, 2.24) is 5.32 Å². The lowest BCUT2D eigenvalue weighted by Gasteiger charge is -2.14. The lowest BCUT2D eigenvalue weighted by Crippen LogP contribution is -2.41. The van der Waals surface area contributed by atoms with E-state index in [9.17, 15) is 9.59 Å². The van der Waals surface area contributed by atoms with Crippen LogP contribution in [0.5, 0.6) is 5.75 Å². The highest BCUT2D eigenvalue weighted by Gasteiger charge is 2.20. The summed E-state index contributed by atoms with van der Waals surface area (Å²) in [7, 11) is 0. The predicted molar refractivity (Wildman–Crippen MR) is 72.8 cm³/mol. The smallest absolute Gasteiger partial charge is 0.326 e. The Balaban J connectivity index is 2.78. The van der Waals surface area contributed by atoms with Crippen LogP contribution in [0.25, 0.3) is 0 Å². The van der Waals surface area contributed by atoms with Gasteiger partial charge in [-0.1, -0.05) is 6.07 Å². The summed E-state index contributed by atoms with van der Waals surface area (Å²) in [5, 5.41) is 20.1. The molecule has 0 aliphatic carbocycles. The fourth-order valence-corrected chi connectivity index (χ4v) is 1.61. The summed E-state index contributed by atoms with van der Waals surface area (Å²) in [6, 6.07) is 5.39. The Hall–Kier alpha value is -2.08. The average Bonchev–Trinajstić information content (AvgIpc) is 2.37. The Morgan fingerprint density at radius 2 is 2.05 bits per heavy atom. The molecular weight excluding hydrogens is 262 g/mol. The van der Waals surface area contributed by atoms with Gasteiger partial charge in [-0.25, -0.2) is 4.79 Å². The van der Waals surface area contributed by atoms with Crippen LogP contribution >= 0.6 is 0 Å². The summed E-state index contributed by atoms with van der Waals surface area (Å²) in [5.41, 5.74) is 0.312. The Bertz CT molecular complexity index is 472. The molecule has 1 rings (SSSR count). The number of carbonyl (C=O) groups excluding carboxylic acids is 1. The van der Waals surface area contributed by atoms with Crippen molar-refractivity contribution in [2.45, 2.75) is 32.4 Å². The summed E-state index contributed by atoms with van der Waals surface area (Å²) < 4.78 is 5.47. The monoisotopic (exact) mass is 281 g/mol. The molecule has 0 saturated heterocycles. The third-order valence-corrected chi connectivity index (χ3v) is 2.49. The molecule has 0 fully saturated rings. The molecule has 1 amide bonds. The van der Waals surface area contributed by atoms with Crippen molar-refractivity contribution in [1.29, 1.82) is 0 Å². The van der Waals surface area contributed by atoms with E-state index in [2.05, 4.69) is 5.32 Å². The molecule has 6 nitrogen and oxygen atoms in total. The van der Waals surface area contributed by atoms with Gasteiger partial charge in [0, 0.05) is 18.6 Å². The molecule has 0 bridgehead atoms. The quantitative estimate of drug-likeness (QED) is 0.694. The number of rotatable bonds is 7. The predicted octanol–water partition coefficient (Wildman–Crippen LogP) is 1.04. The van der Waals surface area contributed by atoms with Crippen LogP contribution in [0.3, 0.4) is 0 Å². The van der Waals surface area contributed by atoms with Crippen molar-refractivity contribution in [3.8, 4) is 5.75 Å². The van der Waals surface area contributed by atoms with Crippen molar-refractivity contribution in [3.05, 3.63) is 29.8 Å². The van der Waals surface area contributed by atoms with Gasteiger partial charge in [0.05, 0.1) is 6.10 Å². The summed E-state index contributed by atoms with van der Waals surface area (Å²) in [6.45, 7) is 3.43. The number of amides is 1. The molecule has 0 radical (unpaired) electrons. The molecular formula is C14H19NO5. The number of aliphatic carboxylic acids is 1. The van der Waals surface area contributed by atoms with Crippen molar-refractivity contribution in [3.63, 3.8) is 0 Å². The second kappa shape index (κ2) is 7.49. The second-order valence-electron chi connectivity index (χ2n) is 4.57. The van der Waals surface area contributed by atoms with Crippen LogP contribution in [0.1, 0.15) is 30.6 Å². The van der Waals surface area contributed by atoms with E-state index in [1.165, 1.54) is 0 Å². The van der Waals surface area contributed by atoms with Crippen LogP contribution in [-0.2, 0) is 4.79 Å². The van der Waals surface area contributed by atoms with E-state index in [-0.39, 0.29) is 19.1 Å². The normalized spacial score (nSPS) is 12.0. The maximum absolute atomic E-state index is 12.0. The molecule has 20 heavy (non-hydrogen) atoms. The molecule has 3 N–H and O–H groups in total. The van der Waals surface area contributed by atoms with Gasteiger partial charge in [-0.15, -0.1) is 0 Å². The van der Waals surface area contributed by atoms with Gasteiger partial charge in [0.2, 0.25) is 0 Å². The van der Waals surface area contributed by atoms with Gasteiger partial charge in [0.1, 0.15) is 11.8 Å². The number of hydrogen-bond acceptors (Lipinski definition) is 4. The number of hydrogen-bond donors (Lipinski definition) is 3. The number of aliphatic hydroxyl groups excluding tert-OH is 1. The minimum atomic E-state index is -1.18. The highest BCUT2D eigenvalue weighted by atomic mass is 16.5. The summed E-state index contributed by atoms with van der Waals surface area (Å²) >= 11 is 0. The molecule has 110 valence electrons. The molecule has 0 aromatic heterocycles. The van der Waals surface area contributed by atoms with Gasteiger partial charge in [0.15, 0.2) is 0 Å². The Morgan fingerprint density at radius 3 is 2.60 bits per heavy atom. The van der Waals surface area contributed by atoms with Gasteiger partial charge >= 0.3 is 5.97 Å². The van der Waals surface area contributed by atoms with Crippen LogP contribution < -0.4 is 10.1 Å². The first-order chi connectivity index (χ1) is 9.43.